The fourth-order valence-corrected chi connectivity index (χ4v) is 2.14. The van der Waals surface area contributed by atoms with E-state index >= 15 is 0 Å². The third-order valence-corrected chi connectivity index (χ3v) is 3.03. The number of ether oxygens (including phenoxy) is 1. The van der Waals surface area contributed by atoms with Crippen molar-refractivity contribution in [2.75, 3.05) is 0 Å². The van der Waals surface area contributed by atoms with Gasteiger partial charge in [0.25, 0.3) is 0 Å². The Labute approximate surface area is 121 Å². The fraction of sp³-hybridized carbons (Fsp3) is 0.231. The van der Waals surface area contributed by atoms with Gasteiger partial charge in [-0.2, -0.15) is 5.10 Å². The van der Waals surface area contributed by atoms with Crippen LogP contribution in [0.15, 0.2) is 29.4 Å². The van der Waals surface area contributed by atoms with Gasteiger partial charge in [-0.25, -0.2) is 4.68 Å². The van der Waals surface area contributed by atoms with Crippen LogP contribution in [-0.2, 0) is 13.7 Å². The van der Waals surface area contributed by atoms with E-state index < -0.39 is 0 Å². The van der Waals surface area contributed by atoms with E-state index in [1.165, 1.54) is 0 Å². The molecule has 2 aromatic rings. The molecule has 1 aromatic heterocycles. The molecular weight excluding hydrogens is 280 g/mol. The molecular formula is C13H15ClN4O2. The lowest BCUT2D eigenvalue weighted by molar-refractivity contribution is 0.277. The normalized spacial score (nSPS) is 11.7. The number of halogens is 1. The highest BCUT2D eigenvalue weighted by molar-refractivity contribution is 6.30. The Morgan fingerprint density at radius 1 is 1.55 bits per heavy atom. The number of aryl methyl sites for hydroxylation is 2. The standard InChI is InChI=1S/C13H15ClN4O2/c1-8-11(12(15)17-19)13(18(2)16-8)20-7-9-4-3-5-10(14)6-9/h3-6,19H,7H2,1-2H3,(H2,15,17). The van der Waals surface area contributed by atoms with Gasteiger partial charge in [0.2, 0.25) is 5.88 Å². The fourth-order valence-electron chi connectivity index (χ4n) is 1.93. The molecule has 7 heteroatoms. The minimum Gasteiger partial charge on any atom is -0.472 e. The molecule has 2 rings (SSSR count). The van der Waals surface area contributed by atoms with Crippen LogP contribution in [0.5, 0.6) is 5.88 Å². The molecule has 0 radical (unpaired) electrons. The van der Waals surface area contributed by atoms with Crippen molar-refractivity contribution in [3.05, 3.63) is 46.1 Å². The molecule has 0 spiro atoms. The van der Waals surface area contributed by atoms with E-state index in [-0.39, 0.29) is 5.84 Å². The minimum atomic E-state index is -0.0308. The zero-order chi connectivity index (χ0) is 14.7. The Bertz CT molecular complexity index is 652. The summed E-state index contributed by atoms with van der Waals surface area (Å²) < 4.78 is 7.27. The Morgan fingerprint density at radius 2 is 2.30 bits per heavy atom. The first kappa shape index (κ1) is 14.2. The second kappa shape index (κ2) is 5.83. The van der Waals surface area contributed by atoms with Crippen LogP contribution in [0.1, 0.15) is 16.8 Å². The van der Waals surface area contributed by atoms with E-state index in [2.05, 4.69) is 10.3 Å². The average Bonchev–Trinajstić information content (AvgIpc) is 2.70. The van der Waals surface area contributed by atoms with Gasteiger partial charge < -0.3 is 15.7 Å². The largest absolute Gasteiger partial charge is 0.472 e. The zero-order valence-electron chi connectivity index (χ0n) is 11.2. The maximum Gasteiger partial charge on any atom is 0.223 e. The summed E-state index contributed by atoms with van der Waals surface area (Å²) in [5.74, 6) is 0.412. The van der Waals surface area contributed by atoms with Crippen LogP contribution in [0.25, 0.3) is 0 Å². The van der Waals surface area contributed by atoms with Gasteiger partial charge in [0.05, 0.1) is 5.69 Å². The van der Waals surface area contributed by atoms with E-state index in [0.717, 1.165) is 5.56 Å². The molecule has 1 aromatic carbocycles. The van der Waals surface area contributed by atoms with E-state index in [1.807, 2.05) is 18.2 Å². The number of nitrogens with two attached hydrogens (primary N) is 1. The van der Waals surface area contributed by atoms with Crippen molar-refractivity contribution >= 4 is 17.4 Å². The minimum absolute atomic E-state index is 0.0308. The highest BCUT2D eigenvalue weighted by atomic mass is 35.5. The van der Waals surface area contributed by atoms with Crippen LogP contribution in [-0.4, -0.2) is 20.8 Å². The molecule has 0 atom stereocenters. The molecule has 0 bridgehead atoms. The van der Waals surface area contributed by atoms with E-state index in [4.69, 9.17) is 27.3 Å². The molecule has 6 nitrogen and oxygen atoms in total. The van der Waals surface area contributed by atoms with Gasteiger partial charge in [-0.05, 0) is 24.6 Å². The molecule has 0 aliphatic rings. The molecule has 0 saturated carbocycles. The number of hydrogen-bond acceptors (Lipinski definition) is 4. The number of nitrogens with zero attached hydrogens (tertiary/aromatic N) is 3. The SMILES string of the molecule is Cc1nn(C)c(OCc2cccc(Cl)c2)c1C(N)=NO. The van der Waals surface area contributed by atoms with E-state index in [9.17, 15) is 0 Å². The van der Waals surface area contributed by atoms with Crippen LogP contribution >= 0.6 is 11.6 Å². The van der Waals surface area contributed by atoms with Crippen LogP contribution in [0, 0.1) is 6.92 Å². The topological polar surface area (TPSA) is 85.7 Å². The molecule has 0 aliphatic heterocycles. The number of aromatic nitrogens is 2. The van der Waals surface area contributed by atoms with Crippen LogP contribution in [0.3, 0.4) is 0 Å². The van der Waals surface area contributed by atoms with Gasteiger partial charge in [0.15, 0.2) is 5.84 Å². The molecule has 0 aliphatic carbocycles. The van der Waals surface area contributed by atoms with Gasteiger partial charge in [-0.15, -0.1) is 0 Å². The summed E-state index contributed by atoms with van der Waals surface area (Å²) in [5.41, 5.74) is 7.68. The summed E-state index contributed by atoms with van der Waals surface area (Å²) >= 11 is 5.92. The van der Waals surface area contributed by atoms with Crippen molar-refractivity contribution in [3.8, 4) is 5.88 Å². The van der Waals surface area contributed by atoms with Crippen molar-refractivity contribution in [1.29, 1.82) is 0 Å². The van der Waals surface area contributed by atoms with Crippen molar-refractivity contribution in [2.45, 2.75) is 13.5 Å². The van der Waals surface area contributed by atoms with Crippen molar-refractivity contribution < 1.29 is 9.94 Å². The lowest BCUT2D eigenvalue weighted by atomic mass is 10.2. The summed E-state index contributed by atoms with van der Waals surface area (Å²) in [5, 5.41) is 16.7. The Morgan fingerprint density at radius 3 is 2.95 bits per heavy atom. The molecule has 0 amide bonds. The molecule has 1 heterocycles. The second-order valence-corrected chi connectivity index (χ2v) is 4.73. The number of amidine groups is 1. The number of benzene rings is 1. The van der Waals surface area contributed by atoms with Gasteiger partial charge in [-0.3, -0.25) is 0 Å². The Hall–Kier alpha value is -2.21. The third kappa shape index (κ3) is 2.85. The first-order valence-electron chi connectivity index (χ1n) is 5.91. The van der Waals surface area contributed by atoms with Crippen molar-refractivity contribution in [1.82, 2.24) is 9.78 Å². The smallest absolute Gasteiger partial charge is 0.223 e. The summed E-state index contributed by atoms with van der Waals surface area (Å²) in [6.45, 7) is 2.07. The van der Waals surface area contributed by atoms with Crippen LogP contribution in [0.4, 0.5) is 0 Å². The molecule has 3 N–H and O–H groups in total. The lowest BCUT2D eigenvalue weighted by Gasteiger charge is -2.09. The molecule has 0 fully saturated rings. The maximum atomic E-state index is 8.82. The summed E-state index contributed by atoms with van der Waals surface area (Å²) in [4.78, 5) is 0. The number of rotatable bonds is 4. The quantitative estimate of drug-likeness (QED) is 0.391. The number of hydrogen-bond donors (Lipinski definition) is 2. The van der Waals surface area contributed by atoms with Gasteiger partial charge in [0, 0.05) is 12.1 Å². The highest BCUT2D eigenvalue weighted by Gasteiger charge is 2.18. The Kier molecular flexibility index (Phi) is 4.14. The monoisotopic (exact) mass is 294 g/mol. The number of oxime groups is 1. The van der Waals surface area contributed by atoms with Gasteiger partial charge >= 0.3 is 0 Å². The zero-order valence-corrected chi connectivity index (χ0v) is 11.9. The van der Waals surface area contributed by atoms with Gasteiger partial charge in [-0.1, -0.05) is 28.9 Å². The first-order chi connectivity index (χ1) is 9.52. The highest BCUT2D eigenvalue weighted by Crippen LogP contribution is 2.22. The molecule has 20 heavy (non-hydrogen) atoms. The van der Waals surface area contributed by atoms with E-state index in [0.29, 0.717) is 28.8 Å². The predicted molar refractivity (Wildman–Crippen MR) is 76.2 cm³/mol. The van der Waals surface area contributed by atoms with Gasteiger partial charge in [0.1, 0.15) is 12.2 Å². The first-order valence-corrected chi connectivity index (χ1v) is 6.29. The van der Waals surface area contributed by atoms with Crippen molar-refractivity contribution in [3.63, 3.8) is 0 Å². The predicted octanol–water partition coefficient (Wildman–Crippen LogP) is 2.06. The van der Waals surface area contributed by atoms with Crippen LogP contribution < -0.4 is 10.5 Å². The molecule has 106 valence electrons. The average molecular weight is 295 g/mol. The van der Waals surface area contributed by atoms with Crippen LogP contribution in [0.2, 0.25) is 5.02 Å². The summed E-state index contributed by atoms with van der Waals surface area (Å²) in [7, 11) is 1.73. The maximum absolute atomic E-state index is 8.82. The summed E-state index contributed by atoms with van der Waals surface area (Å²) in [6.07, 6.45) is 0. The van der Waals surface area contributed by atoms with Crippen molar-refractivity contribution in [2.24, 2.45) is 17.9 Å². The third-order valence-electron chi connectivity index (χ3n) is 2.80. The van der Waals surface area contributed by atoms with E-state index in [1.54, 1.807) is 24.7 Å². The second-order valence-electron chi connectivity index (χ2n) is 4.29. The molecule has 0 saturated heterocycles. The summed E-state index contributed by atoms with van der Waals surface area (Å²) in [6, 6.07) is 7.35. The molecule has 0 unspecified atom stereocenters. The Balaban J connectivity index is 2.26. The lowest BCUT2D eigenvalue weighted by Crippen LogP contribution is -2.15.